The standard InChI is InChI=1S/C18H22BrNO3/c1-4-23-17(22)16-12(9-19)20-11-7-18(2,3)8-13(21)15(11)14(16)10-5-6-10/h10H,4-9H2,1-3H3. The zero-order chi connectivity index (χ0) is 16.8. The third-order valence-electron chi connectivity index (χ3n) is 4.54. The molecule has 3 rings (SSSR count). The van der Waals surface area contributed by atoms with Crippen LogP contribution in [0.1, 0.15) is 83.6 Å². The van der Waals surface area contributed by atoms with Crippen molar-refractivity contribution in [3.63, 3.8) is 0 Å². The number of rotatable bonds is 4. The number of pyridine rings is 1. The smallest absolute Gasteiger partial charge is 0.340 e. The molecule has 4 nitrogen and oxygen atoms in total. The van der Waals surface area contributed by atoms with Gasteiger partial charge in [0.05, 0.1) is 23.6 Å². The van der Waals surface area contributed by atoms with Crippen molar-refractivity contribution in [1.82, 2.24) is 4.98 Å². The molecule has 0 spiro atoms. The Kier molecular flexibility index (Phi) is 4.34. The second-order valence-corrected chi connectivity index (χ2v) is 7.80. The topological polar surface area (TPSA) is 56.3 Å². The molecule has 5 heteroatoms. The second kappa shape index (κ2) is 6.00. The molecule has 0 N–H and O–H groups in total. The predicted molar refractivity (Wildman–Crippen MR) is 91.2 cm³/mol. The van der Waals surface area contributed by atoms with Gasteiger partial charge in [-0.2, -0.15) is 0 Å². The number of halogens is 1. The average Bonchev–Trinajstić information content (AvgIpc) is 3.28. The molecule has 0 bridgehead atoms. The number of carbonyl (C=O) groups is 2. The van der Waals surface area contributed by atoms with Gasteiger partial charge < -0.3 is 4.74 Å². The largest absolute Gasteiger partial charge is 0.462 e. The van der Waals surface area contributed by atoms with Gasteiger partial charge in [-0.15, -0.1) is 0 Å². The Labute approximate surface area is 145 Å². The van der Waals surface area contributed by atoms with E-state index in [0.717, 1.165) is 30.5 Å². The van der Waals surface area contributed by atoms with Crippen LogP contribution in [0.15, 0.2) is 0 Å². The number of carbonyl (C=O) groups excluding carboxylic acids is 2. The van der Waals surface area contributed by atoms with E-state index in [0.29, 0.717) is 41.1 Å². The normalized spacial score (nSPS) is 19.4. The fraction of sp³-hybridized carbons (Fsp3) is 0.611. The molecular formula is C18H22BrNO3. The van der Waals surface area contributed by atoms with Crippen LogP contribution < -0.4 is 0 Å². The molecule has 1 fully saturated rings. The molecule has 1 aromatic heterocycles. The van der Waals surface area contributed by atoms with Gasteiger partial charge in [-0.3, -0.25) is 9.78 Å². The summed E-state index contributed by atoms with van der Waals surface area (Å²) in [5.74, 6) is 0.0724. The van der Waals surface area contributed by atoms with Crippen molar-refractivity contribution >= 4 is 27.7 Å². The molecule has 23 heavy (non-hydrogen) atoms. The summed E-state index contributed by atoms with van der Waals surface area (Å²) in [5.41, 5.74) is 3.62. The first-order valence-electron chi connectivity index (χ1n) is 8.20. The van der Waals surface area contributed by atoms with Crippen LogP contribution in [0.25, 0.3) is 0 Å². The number of Topliss-reactive ketones (excluding diaryl/α,β-unsaturated/α-hetero) is 1. The number of hydrogen-bond acceptors (Lipinski definition) is 4. The van der Waals surface area contributed by atoms with Gasteiger partial charge in [0.15, 0.2) is 5.78 Å². The Balaban J connectivity index is 2.23. The molecule has 0 radical (unpaired) electrons. The summed E-state index contributed by atoms with van der Waals surface area (Å²) in [5, 5.41) is 0.489. The molecule has 1 heterocycles. The molecular weight excluding hydrogens is 358 g/mol. The minimum atomic E-state index is -0.350. The number of esters is 1. The van der Waals surface area contributed by atoms with E-state index in [9.17, 15) is 9.59 Å². The van der Waals surface area contributed by atoms with Crippen molar-refractivity contribution in [1.29, 1.82) is 0 Å². The van der Waals surface area contributed by atoms with E-state index >= 15 is 0 Å². The van der Waals surface area contributed by atoms with Gasteiger partial charge in [-0.25, -0.2) is 4.79 Å². The molecule has 2 aliphatic rings. The fourth-order valence-corrected chi connectivity index (χ4v) is 3.90. The van der Waals surface area contributed by atoms with Crippen LogP contribution >= 0.6 is 15.9 Å². The number of ketones is 1. The molecule has 0 unspecified atom stereocenters. The van der Waals surface area contributed by atoms with Gasteiger partial charge in [0.1, 0.15) is 0 Å². The minimum absolute atomic E-state index is 0.0765. The van der Waals surface area contributed by atoms with Gasteiger partial charge in [0, 0.05) is 17.3 Å². The van der Waals surface area contributed by atoms with Crippen molar-refractivity contribution in [3.8, 4) is 0 Å². The van der Waals surface area contributed by atoms with Crippen LogP contribution in [-0.4, -0.2) is 23.3 Å². The van der Waals surface area contributed by atoms with Crippen molar-refractivity contribution in [3.05, 3.63) is 28.1 Å². The molecule has 0 saturated heterocycles. The Morgan fingerprint density at radius 1 is 1.35 bits per heavy atom. The SMILES string of the molecule is CCOC(=O)c1c(CBr)nc2c(c1C1CC1)C(=O)CC(C)(C)C2. The first-order valence-corrected chi connectivity index (χ1v) is 9.32. The summed E-state index contributed by atoms with van der Waals surface area (Å²) in [7, 11) is 0. The number of fused-ring (bicyclic) bond motifs is 1. The lowest BCUT2D eigenvalue weighted by atomic mass is 9.73. The van der Waals surface area contributed by atoms with E-state index in [1.54, 1.807) is 6.92 Å². The van der Waals surface area contributed by atoms with Crippen molar-refractivity contribution < 1.29 is 14.3 Å². The van der Waals surface area contributed by atoms with Crippen LogP contribution in [0, 0.1) is 5.41 Å². The lowest BCUT2D eigenvalue weighted by Crippen LogP contribution is -2.31. The number of ether oxygens (including phenoxy) is 1. The molecule has 0 aromatic carbocycles. The van der Waals surface area contributed by atoms with Gasteiger partial charge in [-0.05, 0) is 43.1 Å². The summed E-state index contributed by atoms with van der Waals surface area (Å²) in [6, 6.07) is 0. The first-order chi connectivity index (χ1) is 10.9. The molecule has 0 atom stereocenters. The van der Waals surface area contributed by atoms with Crippen molar-refractivity contribution in [2.45, 2.75) is 57.7 Å². The van der Waals surface area contributed by atoms with E-state index in [1.807, 2.05) is 0 Å². The Bertz CT molecular complexity index is 677. The monoisotopic (exact) mass is 379 g/mol. The minimum Gasteiger partial charge on any atom is -0.462 e. The molecule has 0 amide bonds. The zero-order valence-corrected chi connectivity index (χ0v) is 15.5. The highest BCUT2D eigenvalue weighted by atomic mass is 79.9. The fourth-order valence-electron chi connectivity index (χ4n) is 3.50. The number of aromatic nitrogens is 1. The van der Waals surface area contributed by atoms with Crippen molar-refractivity contribution in [2.24, 2.45) is 5.41 Å². The molecule has 1 aromatic rings. The Morgan fingerprint density at radius 3 is 2.61 bits per heavy atom. The third kappa shape index (κ3) is 3.08. The lowest BCUT2D eigenvalue weighted by Gasteiger charge is -2.32. The quantitative estimate of drug-likeness (QED) is 0.581. The molecule has 2 aliphatic carbocycles. The first kappa shape index (κ1) is 16.6. The maximum atomic E-state index is 12.8. The summed E-state index contributed by atoms with van der Waals surface area (Å²) in [4.78, 5) is 30.0. The summed E-state index contributed by atoms with van der Waals surface area (Å²) < 4.78 is 5.25. The van der Waals surface area contributed by atoms with E-state index in [-0.39, 0.29) is 17.2 Å². The Morgan fingerprint density at radius 2 is 2.04 bits per heavy atom. The van der Waals surface area contributed by atoms with Crippen LogP contribution in [0.4, 0.5) is 0 Å². The average molecular weight is 380 g/mol. The molecule has 1 saturated carbocycles. The number of hydrogen-bond donors (Lipinski definition) is 0. The maximum Gasteiger partial charge on any atom is 0.340 e. The zero-order valence-electron chi connectivity index (χ0n) is 13.9. The molecule has 0 aliphatic heterocycles. The highest BCUT2D eigenvalue weighted by Crippen LogP contribution is 2.47. The Hall–Kier alpha value is -1.23. The van der Waals surface area contributed by atoms with E-state index < -0.39 is 0 Å². The summed E-state index contributed by atoms with van der Waals surface area (Å²) in [6.45, 7) is 6.31. The highest BCUT2D eigenvalue weighted by molar-refractivity contribution is 9.08. The number of alkyl halides is 1. The van der Waals surface area contributed by atoms with Gasteiger partial charge in [-0.1, -0.05) is 29.8 Å². The highest BCUT2D eigenvalue weighted by Gasteiger charge is 2.41. The van der Waals surface area contributed by atoms with E-state index in [2.05, 4.69) is 34.8 Å². The maximum absolute atomic E-state index is 12.8. The van der Waals surface area contributed by atoms with Crippen LogP contribution in [-0.2, 0) is 16.5 Å². The second-order valence-electron chi connectivity index (χ2n) is 7.24. The third-order valence-corrected chi connectivity index (χ3v) is 5.07. The summed E-state index contributed by atoms with van der Waals surface area (Å²) in [6.07, 6.45) is 3.34. The predicted octanol–water partition coefficient (Wildman–Crippen LogP) is 4.19. The molecule has 124 valence electrons. The van der Waals surface area contributed by atoms with Crippen LogP contribution in [0.2, 0.25) is 0 Å². The number of nitrogens with zero attached hydrogens (tertiary/aromatic N) is 1. The summed E-state index contributed by atoms with van der Waals surface area (Å²) >= 11 is 3.45. The van der Waals surface area contributed by atoms with Gasteiger partial charge >= 0.3 is 5.97 Å². The van der Waals surface area contributed by atoms with Crippen LogP contribution in [0.3, 0.4) is 0 Å². The van der Waals surface area contributed by atoms with E-state index in [4.69, 9.17) is 4.74 Å². The van der Waals surface area contributed by atoms with Gasteiger partial charge in [0.25, 0.3) is 0 Å². The van der Waals surface area contributed by atoms with E-state index in [1.165, 1.54) is 0 Å². The lowest BCUT2D eigenvalue weighted by molar-refractivity contribution is 0.0523. The van der Waals surface area contributed by atoms with Crippen molar-refractivity contribution in [2.75, 3.05) is 6.61 Å². The van der Waals surface area contributed by atoms with Crippen LogP contribution in [0.5, 0.6) is 0 Å². The van der Waals surface area contributed by atoms with Gasteiger partial charge in [0.2, 0.25) is 0 Å².